The van der Waals surface area contributed by atoms with Gasteiger partial charge in [0.15, 0.2) is 0 Å². The molecule has 1 aliphatic rings. The first-order valence-corrected chi connectivity index (χ1v) is 7.26. The number of hydrogen-bond acceptors (Lipinski definition) is 2. The van der Waals surface area contributed by atoms with E-state index in [1.54, 1.807) is 12.1 Å². The number of rotatable bonds is 5. The van der Waals surface area contributed by atoms with Crippen LogP contribution in [0, 0.1) is 5.92 Å². The van der Waals surface area contributed by atoms with Crippen molar-refractivity contribution >= 4 is 11.8 Å². The Hall–Kier alpha value is -1.91. The Morgan fingerprint density at radius 2 is 1.90 bits per heavy atom. The van der Waals surface area contributed by atoms with Gasteiger partial charge in [0.05, 0.1) is 0 Å². The number of nitrogens with one attached hydrogen (secondary N) is 1. The molecule has 5 heteroatoms. The maximum Gasteiger partial charge on any atom is 0.250 e. The van der Waals surface area contributed by atoms with E-state index in [0.29, 0.717) is 6.42 Å². The Morgan fingerprint density at radius 1 is 1.24 bits per heavy atom. The van der Waals surface area contributed by atoms with Gasteiger partial charge in [-0.3, -0.25) is 9.59 Å². The highest BCUT2D eigenvalue weighted by molar-refractivity contribution is 5.97. The van der Waals surface area contributed by atoms with Gasteiger partial charge in [-0.25, -0.2) is 4.39 Å². The number of carbonyl (C=O) groups is 2. The summed E-state index contributed by atoms with van der Waals surface area (Å²) in [5, 5.41) is 2.77. The highest BCUT2D eigenvalue weighted by Crippen LogP contribution is 2.25. The second-order valence-corrected chi connectivity index (χ2v) is 5.72. The minimum absolute atomic E-state index is 0.0347. The molecule has 0 bridgehead atoms. The fraction of sp³-hybridized carbons (Fsp3) is 0.500. The van der Waals surface area contributed by atoms with E-state index in [-0.39, 0.29) is 24.3 Å². The molecule has 2 atom stereocenters. The Kier molecular flexibility index (Phi) is 4.94. The third-order valence-corrected chi connectivity index (χ3v) is 3.65. The van der Waals surface area contributed by atoms with Crippen LogP contribution in [0.2, 0.25) is 0 Å². The number of alkyl halides is 1. The lowest BCUT2D eigenvalue weighted by molar-refractivity contribution is -0.150. The van der Waals surface area contributed by atoms with Crippen LogP contribution >= 0.6 is 0 Å². The van der Waals surface area contributed by atoms with Crippen molar-refractivity contribution in [2.75, 3.05) is 13.2 Å². The van der Waals surface area contributed by atoms with Gasteiger partial charge in [0, 0.05) is 6.54 Å². The molecule has 21 heavy (non-hydrogen) atoms. The molecule has 2 amide bonds. The van der Waals surface area contributed by atoms with Crippen molar-refractivity contribution in [1.29, 1.82) is 0 Å². The van der Waals surface area contributed by atoms with Gasteiger partial charge in [-0.05, 0) is 17.9 Å². The number of halogens is 1. The summed E-state index contributed by atoms with van der Waals surface area (Å²) in [5.74, 6) is -0.182. The van der Waals surface area contributed by atoms with Crippen molar-refractivity contribution in [2.45, 2.75) is 32.4 Å². The maximum absolute atomic E-state index is 12.8. The van der Waals surface area contributed by atoms with E-state index in [1.165, 1.54) is 4.90 Å². The molecular formula is C16H21FN2O2. The van der Waals surface area contributed by atoms with Crippen LogP contribution in [0.25, 0.3) is 0 Å². The molecule has 1 saturated heterocycles. The van der Waals surface area contributed by atoms with Gasteiger partial charge in [-0.1, -0.05) is 44.2 Å². The van der Waals surface area contributed by atoms with Gasteiger partial charge in [-0.15, -0.1) is 0 Å². The summed E-state index contributed by atoms with van der Waals surface area (Å²) in [7, 11) is 0. The highest BCUT2D eigenvalue weighted by Gasteiger charge is 2.40. The predicted octanol–water partition coefficient (Wildman–Crippen LogP) is 2.07. The van der Waals surface area contributed by atoms with Gasteiger partial charge in [0.25, 0.3) is 5.91 Å². The standard InChI is InChI=1S/C16H21FN2O2/c1-11(2)10-13-15(20)18-14(12-6-4-3-5-7-12)16(21)19(13)9-8-17/h3-7,11,13-14H,8-10H2,1-2H3,(H,18,20). The van der Waals surface area contributed by atoms with Crippen LogP contribution in [0.15, 0.2) is 30.3 Å². The van der Waals surface area contributed by atoms with Crippen LogP contribution < -0.4 is 5.32 Å². The van der Waals surface area contributed by atoms with Crippen LogP contribution in [0.3, 0.4) is 0 Å². The number of piperazine rings is 1. The van der Waals surface area contributed by atoms with Crippen molar-refractivity contribution in [1.82, 2.24) is 10.2 Å². The molecule has 0 radical (unpaired) electrons. The molecule has 1 aromatic rings. The van der Waals surface area contributed by atoms with E-state index < -0.39 is 18.8 Å². The van der Waals surface area contributed by atoms with E-state index >= 15 is 0 Å². The summed E-state index contributed by atoms with van der Waals surface area (Å²) in [6.07, 6.45) is 0.541. The largest absolute Gasteiger partial charge is 0.339 e. The van der Waals surface area contributed by atoms with Crippen molar-refractivity contribution in [3.8, 4) is 0 Å². The summed E-state index contributed by atoms with van der Waals surface area (Å²) in [4.78, 5) is 26.3. The normalized spacial score (nSPS) is 22.6. The van der Waals surface area contributed by atoms with Crippen LogP contribution in [-0.2, 0) is 9.59 Å². The van der Waals surface area contributed by atoms with Gasteiger partial charge >= 0.3 is 0 Å². The molecule has 4 nitrogen and oxygen atoms in total. The monoisotopic (exact) mass is 292 g/mol. The SMILES string of the molecule is CC(C)CC1C(=O)NC(c2ccccc2)C(=O)N1CCF. The first-order valence-electron chi connectivity index (χ1n) is 7.26. The molecule has 0 aliphatic carbocycles. The second kappa shape index (κ2) is 6.70. The second-order valence-electron chi connectivity index (χ2n) is 5.72. The molecule has 1 fully saturated rings. The minimum atomic E-state index is -0.714. The number of benzene rings is 1. The first kappa shape index (κ1) is 15.5. The van der Waals surface area contributed by atoms with Crippen molar-refractivity contribution < 1.29 is 14.0 Å². The molecule has 0 saturated carbocycles. The van der Waals surface area contributed by atoms with Gasteiger partial charge in [0.2, 0.25) is 5.91 Å². The molecule has 1 aromatic carbocycles. The third kappa shape index (κ3) is 3.40. The summed E-state index contributed by atoms with van der Waals surface area (Å²) in [6, 6.07) is 7.77. The van der Waals surface area contributed by atoms with Crippen LogP contribution in [0.5, 0.6) is 0 Å². The Labute approximate surface area is 124 Å². The quantitative estimate of drug-likeness (QED) is 0.903. The van der Waals surface area contributed by atoms with E-state index in [0.717, 1.165) is 5.56 Å². The van der Waals surface area contributed by atoms with Gasteiger partial charge in [0.1, 0.15) is 18.8 Å². The molecule has 2 rings (SSSR count). The van der Waals surface area contributed by atoms with E-state index in [9.17, 15) is 14.0 Å². The lowest BCUT2D eigenvalue weighted by Gasteiger charge is -2.39. The zero-order chi connectivity index (χ0) is 15.4. The molecular weight excluding hydrogens is 271 g/mol. The summed E-state index contributed by atoms with van der Waals surface area (Å²) in [5.41, 5.74) is 0.725. The summed E-state index contributed by atoms with van der Waals surface area (Å²) in [6.45, 7) is 3.28. The Morgan fingerprint density at radius 3 is 2.48 bits per heavy atom. The number of amides is 2. The van der Waals surface area contributed by atoms with E-state index in [2.05, 4.69) is 5.32 Å². The smallest absolute Gasteiger partial charge is 0.250 e. The zero-order valence-corrected chi connectivity index (χ0v) is 12.4. The molecule has 0 aromatic heterocycles. The van der Waals surface area contributed by atoms with E-state index in [1.807, 2.05) is 32.0 Å². The minimum Gasteiger partial charge on any atom is -0.339 e. The molecule has 0 spiro atoms. The highest BCUT2D eigenvalue weighted by atomic mass is 19.1. The molecule has 1 aliphatic heterocycles. The lowest BCUT2D eigenvalue weighted by atomic mass is 9.95. The fourth-order valence-electron chi connectivity index (χ4n) is 2.67. The molecule has 2 unspecified atom stereocenters. The van der Waals surface area contributed by atoms with Crippen LogP contribution in [0.1, 0.15) is 31.9 Å². The first-order chi connectivity index (χ1) is 10.0. The van der Waals surface area contributed by atoms with Gasteiger partial charge in [-0.2, -0.15) is 0 Å². The maximum atomic E-state index is 12.8. The van der Waals surface area contributed by atoms with Crippen molar-refractivity contribution in [3.05, 3.63) is 35.9 Å². The third-order valence-electron chi connectivity index (χ3n) is 3.65. The topological polar surface area (TPSA) is 49.4 Å². The predicted molar refractivity (Wildman–Crippen MR) is 78.3 cm³/mol. The lowest BCUT2D eigenvalue weighted by Crippen LogP contribution is -2.60. The Balaban J connectivity index is 2.26. The van der Waals surface area contributed by atoms with E-state index in [4.69, 9.17) is 0 Å². The van der Waals surface area contributed by atoms with Crippen molar-refractivity contribution in [3.63, 3.8) is 0 Å². The summed E-state index contributed by atoms with van der Waals surface area (Å²) < 4.78 is 12.8. The Bertz CT molecular complexity index is 504. The average Bonchev–Trinajstić information content (AvgIpc) is 2.47. The number of hydrogen-bond donors (Lipinski definition) is 1. The number of nitrogens with zero attached hydrogens (tertiary/aromatic N) is 1. The number of carbonyl (C=O) groups excluding carboxylic acids is 2. The summed E-state index contributed by atoms with van der Waals surface area (Å²) >= 11 is 0. The zero-order valence-electron chi connectivity index (χ0n) is 12.4. The molecule has 114 valence electrons. The van der Waals surface area contributed by atoms with Gasteiger partial charge < -0.3 is 10.2 Å². The van der Waals surface area contributed by atoms with Crippen LogP contribution in [0.4, 0.5) is 4.39 Å². The van der Waals surface area contributed by atoms with Crippen LogP contribution in [-0.4, -0.2) is 36.0 Å². The average molecular weight is 292 g/mol. The van der Waals surface area contributed by atoms with Crippen molar-refractivity contribution in [2.24, 2.45) is 5.92 Å². The molecule has 1 heterocycles. The molecule has 1 N–H and O–H groups in total. The fourth-order valence-corrected chi connectivity index (χ4v) is 2.67.